The molecule has 0 radical (unpaired) electrons. The van der Waals surface area contributed by atoms with Gasteiger partial charge in [-0.3, -0.25) is 9.52 Å². The summed E-state index contributed by atoms with van der Waals surface area (Å²) in [6.07, 6.45) is 0. The summed E-state index contributed by atoms with van der Waals surface area (Å²) in [5, 5.41) is 0. The molecule has 0 spiro atoms. The number of carbonyl (C=O) groups excluding carboxylic acids is 1. The molecule has 10 heteroatoms. The molecule has 170 valence electrons. The Balaban J connectivity index is 1.68. The van der Waals surface area contributed by atoms with Crippen LogP contribution in [-0.2, 0) is 16.6 Å². The lowest BCUT2D eigenvalue weighted by molar-refractivity contribution is 0.0998. The number of thiazole rings is 1. The topological polar surface area (TPSA) is 89.8 Å². The van der Waals surface area contributed by atoms with Crippen molar-refractivity contribution in [1.29, 1.82) is 0 Å². The summed E-state index contributed by atoms with van der Waals surface area (Å²) < 4.78 is 49.0. The number of carbonyl (C=O) groups is 1. The van der Waals surface area contributed by atoms with Crippen LogP contribution in [0, 0.1) is 5.82 Å². The number of nitrogens with zero attached hydrogens (tertiary/aromatic N) is 2. The predicted molar refractivity (Wildman–Crippen MR) is 126 cm³/mol. The Hall–Kier alpha value is -3.50. The highest BCUT2D eigenvalue weighted by Crippen LogP contribution is 2.27. The van der Waals surface area contributed by atoms with E-state index in [1.54, 1.807) is 19.2 Å². The summed E-state index contributed by atoms with van der Waals surface area (Å²) in [6, 6.07) is 16.2. The van der Waals surface area contributed by atoms with E-state index in [-0.39, 0.29) is 16.1 Å². The van der Waals surface area contributed by atoms with Gasteiger partial charge in [-0.25, -0.2) is 12.8 Å². The van der Waals surface area contributed by atoms with Gasteiger partial charge < -0.3 is 9.30 Å². The highest BCUT2D eigenvalue weighted by molar-refractivity contribution is 7.92. The van der Waals surface area contributed by atoms with Crippen LogP contribution in [0.3, 0.4) is 0 Å². The number of aryl methyl sites for hydroxylation is 1. The molecular weight excluding hydrogens is 465 g/mol. The van der Waals surface area contributed by atoms with Crippen molar-refractivity contribution in [3.8, 4) is 5.75 Å². The highest BCUT2D eigenvalue weighted by Gasteiger charge is 2.16. The summed E-state index contributed by atoms with van der Waals surface area (Å²) in [6.45, 7) is 2.54. The standard InChI is InChI=1S/C23H20FN3O4S2/c1-3-27-21-19(31-2)8-5-9-20(21)32-23(27)25-22(28)15-6-4-7-17(14-15)26-33(29,30)18-12-10-16(24)11-13-18/h4-14,26H,3H2,1-2H3. The molecule has 0 aliphatic rings. The van der Waals surface area contributed by atoms with Crippen molar-refractivity contribution in [2.45, 2.75) is 18.4 Å². The van der Waals surface area contributed by atoms with Gasteiger partial charge in [0.05, 0.1) is 16.7 Å². The Morgan fingerprint density at radius 1 is 1.12 bits per heavy atom. The van der Waals surface area contributed by atoms with E-state index in [0.717, 1.165) is 22.3 Å². The third-order valence-corrected chi connectivity index (χ3v) is 7.32. The summed E-state index contributed by atoms with van der Waals surface area (Å²) in [5.41, 5.74) is 1.28. The van der Waals surface area contributed by atoms with Crippen LogP contribution in [-0.4, -0.2) is 26.0 Å². The number of hydrogen-bond donors (Lipinski definition) is 1. The van der Waals surface area contributed by atoms with E-state index >= 15 is 0 Å². The second-order valence-electron chi connectivity index (χ2n) is 6.99. The van der Waals surface area contributed by atoms with E-state index in [0.29, 0.717) is 17.1 Å². The van der Waals surface area contributed by atoms with Crippen LogP contribution < -0.4 is 14.3 Å². The largest absolute Gasteiger partial charge is 0.495 e. The number of nitrogens with one attached hydrogen (secondary N) is 1. The minimum absolute atomic E-state index is 0.0893. The third-order valence-electron chi connectivity index (χ3n) is 4.88. The maximum Gasteiger partial charge on any atom is 0.279 e. The van der Waals surface area contributed by atoms with Gasteiger partial charge in [-0.1, -0.05) is 23.5 Å². The zero-order valence-corrected chi connectivity index (χ0v) is 19.4. The van der Waals surface area contributed by atoms with Crippen molar-refractivity contribution in [3.05, 3.63) is 82.9 Å². The average molecular weight is 486 g/mol. The lowest BCUT2D eigenvalue weighted by Gasteiger charge is -2.09. The van der Waals surface area contributed by atoms with Crippen molar-refractivity contribution in [2.75, 3.05) is 11.8 Å². The summed E-state index contributed by atoms with van der Waals surface area (Å²) in [5.74, 6) is -0.353. The van der Waals surface area contributed by atoms with Crippen molar-refractivity contribution in [1.82, 2.24) is 4.57 Å². The number of anilines is 1. The Labute approximate surface area is 193 Å². The number of fused-ring (bicyclic) bond motifs is 1. The molecule has 0 fully saturated rings. The fourth-order valence-corrected chi connectivity index (χ4v) is 5.50. The van der Waals surface area contributed by atoms with Gasteiger partial charge in [0.2, 0.25) is 0 Å². The van der Waals surface area contributed by atoms with Crippen LogP contribution in [0.1, 0.15) is 17.3 Å². The van der Waals surface area contributed by atoms with Crippen molar-refractivity contribution in [3.63, 3.8) is 0 Å². The summed E-state index contributed by atoms with van der Waals surface area (Å²) in [4.78, 5) is 17.6. The molecule has 4 rings (SSSR count). The first kappa shape index (κ1) is 22.7. The lowest BCUT2D eigenvalue weighted by atomic mass is 10.2. The molecule has 3 aromatic carbocycles. The van der Waals surface area contributed by atoms with E-state index in [9.17, 15) is 17.6 Å². The Morgan fingerprint density at radius 2 is 1.85 bits per heavy atom. The van der Waals surface area contributed by atoms with E-state index in [1.165, 1.54) is 35.6 Å². The summed E-state index contributed by atoms with van der Waals surface area (Å²) >= 11 is 1.37. The van der Waals surface area contributed by atoms with Crippen LogP contribution >= 0.6 is 11.3 Å². The first-order valence-electron chi connectivity index (χ1n) is 9.96. The number of para-hydroxylation sites is 1. The lowest BCUT2D eigenvalue weighted by Crippen LogP contribution is -2.16. The maximum absolute atomic E-state index is 13.1. The molecular formula is C23H20FN3O4S2. The zero-order chi connectivity index (χ0) is 23.6. The molecule has 0 saturated carbocycles. The number of benzene rings is 3. The Kier molecular flexibility index (Phi) is 6.30. The summed E-state index contributed by atoms with van der Waals surface area (Å²) in [7, 11) is -2.35. The number of amides is 1. The van der Waals surface area contributed by atoms with Crippen molar-refractivity contribution >= 4 is 43.2 Å². The molecule has 0 aliphatic carbocycles. The van der Waals surface area contributed by atoms with Gasteiger partial charge >= 0.3 is 0 Å². The molecule has 1 heterocycles. The molecule has 4 aromatic rings. The molecule has 0 unspecified atom stereocenters. The van der Waals surface area contributed by atoms with Crippen LogP contribution in [0.4, 0.5) is 10.1 Å². The Morgan fingerprint density at radius 3 is 2.55 bits per heavy atom. The van der Waals surface area contributed by atoms with Gasteiger partial charge in [0, 0.05) is 17.8 Å². The minimum Gasteiger partial charge on any atom is -0.495 e. The number of aromatic nitrogens is 1. The Bertz CT molecular complexity index is 1510. The van der Waals surface area contributed by atoms with Gasteiger partial charge in [0.25, 0.3) is 15.9 Å². The van der Waals surface area contributed by atoms with Crippen molar-refractivity contribution < 1.29 is 22.3 Å². The number of sulfonamides is 1. The third kappa shape index (κ3) is 4.67. The average Bonchev–Trinajstić information content (AvgIpc) is 3.16. The molecule has 0 atom stereocenters. The van der Waals surface area contributed by atoms with E-state index in [4.69, 9.17) is 4.74 Å². The minimum atomic E-state index is -3.94. The number of halogens is 1. The number of methoxy groups -OCH3 is 1. The van der Waals surface area contributed by atoms with E-state index in [2.05, 4.69) is 9.71 Å². The molecule has 33 heavy (non-hydrogen) atoms. The van der Waals surface area contributed by atoms with Crippen LogP contribution in [0.25, 0.3) is 10.2 Å². The number of hydrogen-bond acceptors (Lipinski definition) is 5. The fourth-order valence-electron chi connectivity index (χ4n) is 3.34. The van der Waals surface area contributed by atoms with Gasteiger partial charge in [-0.05, 0) is 61.5 Å². The molecule has 1 aromatic heterocycles. The smallest absolute Gasteiger partial charge is 0.279 e. The normalized spacial score (nSPS) is 12.2. The van der Waals surface area contributed by atoms with Crippen LogP contribution in [0.2, 0.25) is 0 Å². The van der Waals surface area contributed by atoms with Gasteiger partial charge in [-0.15, -0.1) is 0 Å². The number of rotatable bonds is 6. The zero-order valence-electron chi connectivity index (χ0n) is 17.8. The van der Waals surface area contributed by atoms with Crippen molar-refractivity contribution in [2.24, 2.45) is 4.99 Å². The molecule has 0 saturated heterocycles. The quantitative estimate of drug-likeness (QED) is 0.438. The van der Waals surface area contributed by atoms with Gasteiger partial charge in [-0.2, -0.15) is 4.99 Å². The van der Waals surface area contributed by atoms with Gasteiger partial charge in [0.1, 0.15) is 17.1 Å². The second kappa shape index (κ2) is 9.16. The van der Waals surface area contributed by atoms with Gasteiger partial charge in [0.15, 0.2) is 4.80 Å². The van der Waals surface area contributed by atoms with Crippen LogP contribution in [0.5, 0.6) is 5.75 Å². The maximum atomic E-state index is 13.1. The first-order chi connectivity index (χ1) is 15.8. The first-order valence-corrected chi connectivity index (χ1v) is 12.3. The molecule has 0 bridgehead atoms. The molecule has 1 amide bonds. The van der Waals surface area contributed by atoms with Crippen LogP contribution in [0.15, 0.2) is 76.6 Å². The number of ether oxygens (including phenoxy) is 1. The monoisotopic (exact) mass is 485 g/mol. The predicted octanol–water partition coefficient (Wildman–Crippen LogP) is 4.41. The molecule has 0 aliphatic heterocycles. The molecule has 7 nitrogen and oxygen atoms in total. The fraction of sp³-hybridized carbons (Fsp3) is 0.130. The highest BCUT2D eigenvalue weighted by atomic mass is 32.2. The van der Waals surface area contributed by atoms with E-state index < -0.39 is 21.7 Å². The SMILES string of the molecule is CCn1c(=NC(=O)c2cccc(NS(=O)(=O)c3ccc(F)cc3)c2)sc2cccc(OC)c21. The molecule has 1 N–H and O–H groups in total. The van der Waals surface area contributed by atoms with E-state index in [1.807, 2.05) is 29.7 Å². The second-order valence-corrected chi connectivity index (χ2v) is 9.68.